The molecule has 3 aliphatic heterocycles. The molecule has 5 heteroatoms. The zero-order valence-electron chi connectivity index (χ0n) is 16.2. The van der Waals surface area contributed by atoms with Gasteiger partial charge in [-0.25, -0.2) is 0 Å². The summed E-state index contributed by atoms with van der Waals surface area (Å²) < 4.78 is 11.7. The van der Waals surface area contributed by atoms with Crippen molar-refractivity contribution in [3.8, 4) is 11.5 Å². The molecule has 1 saturated heterocycles. The quantitative estimate of drug-likeness (QED) is 0.820. The number of nitrogens with zero attached hydrogens (tertiary/aromatic N) is 2. The van der Waals surface area contributed by atoms with Crippen molar-refractivity contribution in [3.63, 3.8) is 0 Å². The fourth-order valence-corrected chi connectivity index (χ4v) is 4.53. The SMILES string of the molecule is O=C(Cc1c2c(cc3c1OCC3)OCC2)N1CCN(Cc2ccccc2)CC1. The Hall–Kier alpha value is -2.53. The molecule has 2 aromatic rings. The number of hydrogen-bond donors (Lipinski definition) is 0. The lowest BCUT2D eigenvalue weighted by Crippen LogP contribution is -2.48. The summed E-state index contributed by atoms with van der Waals surface area (Å²) >= 11 is 0. The molecule has 0 saturated carbocycles. The minimum Gasteiger partial charge on any atom is -0.493 e. The lowest BCUT2D eigenvalue weighted by Gasteiger charge is -2.35. The van der Waals surface area contributed by atoms with Crippen LogP contribution in [0.1, 0.15) is 22.3 Å². The van der Waals surface area contributed by atoms with Gasteiger partial charge in [0.05, 0.1) is 19.6 Å². The lowest BCUT2D eigenvalue weighted by atomic mass is 9.96. The summed E-state index contributed by atoms with van der Waals surface area (Å²) in [5, 5.41) is 0. The number of hydrogen-bond acceptors (Lipinski definition) is 4. The molecule has 0 radical (unpaired) electrons. The van der Waals surface area contributed by atoms with Gasteiger partial charge in [-0.1, -0.05) is 30.3 Å². The number of ether oxygens (including phenoxy) is 2. The third-order valence-electron chi connectivity index (χ3n) is 6.06. The third kappa shape index (κ3) is 3.35. The van der Waals surface area contributed by atoms with Gasteiger partial charge in [-0.2, -0.15) is 0 Å². The second kappa shape index (κ2) is 7.47. The second-order valence-electron chi connectivity index (χ2n) is 7.84. The highest BCUT2D eigenvalue weighted by Crippen LogP contribution is 2.41. The maximum Gasteiger partial charge on any atom is 0.227 e. The highest BCUT2D eigenvalue weighted by atomic mass is 16.5. The summed E-state index contributed by atoms with van der Waals surface area (Å²) in [6.07, 6.45) is 2.21. The van der Waals surface area contributed by atoms with E-state index in [-0.39, 0.29) is 5.91 Å². The standard InChI is InChI=1S/C23H26N2O3/c26-22(25-10-8-24(9-11-25)16-17-4-2-1-3-5-17)15-20-19-7-13-27-21(19)14-18-6-12-28-23(18)20/h1-5,14H,6-13,15-16H2. The minimum atomic E-state index is 0.206. The average Bonchev–Trinajstić information content (AvgIpc) is 3.38. The first-order valence-corrected chi connectivity index (χ1v) is 10.3. The first kappa shape index (κ1) is 17.6. The number of carbonyl (C=O) groups excluding carboxylic acids is 1. The van der Waals surface area contributed by atoms with E-state index in [1.165, 1.54) is 16.7 Å². The van der Waals surface area contributed by atoms with E-state index in [1.807, 2.05) is 11.0 Å². The Morgan fingerprint density at radius 3 is 2.57 bits per heavy atom. The third-order valence-corrected chi connectivity index (χ3v) is 6.06. The van der Waals surface area contributed by atoms with E-state index in [0.29, 0.717) is 19.6 Å². The number of fused-ring (bicyclic) bond motifs is 2. The smallest absolute Gasteiger partial charge is 0.227 e. The molecule has 1 amide bonds. The monoisotopic (exact) mass is 378 g/mol. The molecule has 5 rings (SSSR count). The van der Waals surface area contributed by atoms with Gasteiger partial charge in [0, 0.05) is 62.3 Å². The molecule has 2 aromatic carbocycles. The largest absolute Gasteiger partial charge is 0.493 e. The number of amides is 1. The van der Waals surface area contributed by atoms with Crippen LogP contribution in [0.15, 0.2) is 36.4 Å². The van der Waals surface area contributed by atoms with Gasteiger partial charge in [0.15, 0.2) is 0 Å². The summed E-state index contributed by atoms with van der Waals surface area (Å²) in [5.74, 6) is 2.11. The van der Waals surface area contributed by atoms with Gasteiger partial charge in [0.25, 0.3) is 0 Å². The van der Waals surface area contributed by atoms with Gasteiger partial charge < -0.3 is 14.4 Å². The van der Waals surface area contributed by atoms with Crippen LogP contribution in [0.2, 0.25) is 0 Å². The first-order valence-electron chi connectivity index (χ1n) is 10.3. The van der Waals surface area contributed by atoms with Crippen LogP contribution in [0, 0.1) is 0 Å². The lowest BCUT2D eigenvalue weighted by molar-refractivity contribution is -0.132. The van der Waals surface area contributed by atoms with Crippen LogP contribution in [0.5, 0.6) is 11.5 Å². The number of carbonyl (C=O) groups is 1. The fourth-order valence-electron chi connectivity index (χ4n) is 4.53. The van der Waals surface area contributed by atoms with Crippen LogP contribution >= 0.6 is 0 Å². The zero-order valence-corrected chi connectivity index (χ0v) is 16.2. The van der Waals surface area contributed by atoms with Crippen LogP contribution in [-0.4, -0.2) is 55.1 Å². The fraction of sp³-hybridized carbons (Fsp3) is 0.435. The van der Waals surface area contributed by atoms with Crippen molar-refractivity contribution >= 4 is 5.91 Å². The Kier molecular flexibility index (Phi) is 4.69. The summed E-state index contributed by atoms with van der Waals surface area (Å²) in [6, 6.07) is 12.6. The van der Waals surface area contributed by atoms with E-state index in [2.05, 4.69) is 35.2 Å². The van der Waals surface area contributed by atoms with E-state index in [0.717, 1.165) is 62.6 Å². The average molecular weight is 378 g/mol. The molecule has 146 valence electrons. The van der Waals surface area contributed by atoms with Crippen molar-refractivity contribution in [1.29, 1.82) is 0 Å². The van der Waals surface area contributed by atoms with E-state index in [4.69, 9.17) is 9.47 Å². The Morgan fingerprint density at radius 2 is 1.75 bits per heavy atom. The maximum atomic E-state index is 13.0. The number of rotatable bonds is 4. The van der Waals surface area contributed by atoms with E-state index in [9.17, 15) is 4.79 Å². The molecule has 28 heavy (non-hydrogen) atoms. The maximum absolute atomic E-state index is 13.0. The van der Waals surface area contributed by atoms with E-state index >= 15 is 0 Å². The molecule has 0 unspecified atom stereocenters. The Bertz CT molecular complexity index is 841. The van der Waals surface area contributed by atoms with Crippen LogP contribution in [-0.2, 0) is 30.6 Å². The molecule has 3 heterocycles. The molecule has 0 aliphatic carbocycles. The number of benzene rings is 2. The second-order valence-corrected chi connectivity index (χ2v) is 7.84. The van der Waals surface area contributed by atoms with Gasteiger partial charge >= 0.3 is 0 Å². The summed E-state index contributed by atoms with van der Waals surface area (Å²) in [6.45, 7) is 5.79. The molecule has 1 fully saturated rings. The summed E-state index contributed by atoms with van der Waals surface area (Å²) in [5.41, 5.74) is 4.77. The van der Waals surface area contributed by atoms with Crippen LogP contribution < -0.4 is 9.47 Å². The molecule has 0 N–H and O–H groups in total. The van der Waals surface area contributed by atoms with E-state index < -0.39 is 0 Å². The van der Waals surface area contributed by atoms with Crippen molar-refractivity contribution in [1.82, 2.24) is 9.80 Å². The van der Waals surface area contributed by atoms with Crippen LogP contribution in [0.25, 0.3) is 0 Å². The summed E-state index contributed by atoms with van der Waals surface area (Å²) in [7, 11) is 0. The van der Waals surface area contributed by atoms with Crippen molar-refractivity contribution in [2.75, 3.05) is 39.4 Å². The minimum absolute atomic E-state index is 0.206. The van der Waals surface area contributed by atoms with Gasteiger partial charge in [0.2, 0.25) is 5.91 Å². The van der Waals surface area contributed by atoms with Crippen molar-refractivity contribution < 1.29 is 14.3 Å². The normalized spacial score (nSPS) is 18.4. The first-order chi connectivity index (χ1) is 13.8. The summed E-state index contributed by atoms with van der Waals surface area (Å²) in [4.78, 5) is 17.5. The van der Waals surface area contributed by atoms with Gasteiger partial charge in [0.1, 0.15) is 11.5 Å². The highest BCUT2D eigenvalue weighted by Gasteiger charge is 2.29. The Morgan fingerprint density at radius 1 is 0.964 bits per heavy atom. The number of piperazine rings is 1. The molecule has 5 nitrogen and oxygen atoms in total. The van der Waals surface area contributed by atoms with Gasteiger partial charge in [-0.15, -0.1) is 0 Å². The van der Waals surface area contributed by atoms with Crippen LogP contribution in [0.4, 0.5) is 0 Å². The Balaban J connectivity index is 1.24. The molecule has 0 aromatic heterocycles. The zero-order chi connectivity index (χ0) is 18.9. The Labute approximate surface area is 165 Å². The molecule has 3 aliphatic rings. The van der Waals surface area contributed by atoms with E-state index in [1.54, 1.807) is 0 Å². The van der Waals surface area contributed by atoms with Crippen LogP contribution in [0.3, 0.4) is 0 Å². The molecule has 0 spiro atoms. The van der Waals surface area contributed by atoms with Gasteiger partial charge in [-0.3, -0.25) is 9.69 Å². The highest BCUT2D eigenvalue weighted by molar-refractivity contribution is 5.81. The van der Waals surface area contributed by atoms with Crippen molar-refractivity contribution in [2.45, 2.75) is 25.8 Å². The predicted molar refractivity (Wildman–Crippen MR) is 107 cm³/mol. The topological polar surface area (TPSA) is 42.0 Å². The predicted octanol–water partition coefficient (Wildman–Crippen LogP) is 2.44. The molecule has 0 atom stereocenters. The van der Waals surface area contributed by atoms with Gasteiger partial charge in [-0.05, 0) is 11.6 Å². The molecular weight excluding hydrogens is 352 g/mol. The molecule has 0 bridgehead atoms. The van der Waals surface area contributed by atoms with Crippen molar-refractivity contribution in [2.24, 2.45) is 0 Å². The molecular formula is C23H26N2O3. The van der Waals surface area contributed by atoms with Crippen molar-refractivity contribution in [3.05, 3.63) is 58.7 Å².